The average molecular weight is 281 g/mol. The molecule has 1 amide bonds. The molecule has 1 aliphatic heterocycles. The summed E-state index contributed by atoms with van der Waals surface area (Å²) in [6, 6.07) is 17.7. The minimum atomic E-state index is 0.131. The average Bonchev–Trinajstić information content (AvgIpc) is 3.05. The van der Waals surface area contributed by atoms with E-state index in [1.165, 1.54) is 5.56 Å². The van der Waals surface area contributed by atoms with Crippen molar-refractivity contribution in [3.8, 4) is 5.75 Å². The highest BCUT2D eigenvalue weighted by atomic mass is 16.5. The molecular weight excluding hydrogens is 262 g/mol. The van der Waals surface area contributed by atoms with Crippen LogP contribution < -0.4 is 4.74 Å². The van der Waals surface area contributed by atoms with Crippen LogP contribution in [0.4, 0.5) is 0 Å². The molecule has 0 aliphatic carbocycles. The summed E-state index contributed by atoms with van der Waals surface area (Å²) in [5.41, 5.74) is 2.05. The number of methoxy groups -OCH3 is 1. The molecule has 2 aromatic rings. The third-order valence-electron chi connectivity index (χ3n) is 4.08. The standard InChI is InChI=1S/C18H19NO2/c1-21-17-9-7-14(8-10-17)16-11-12-19(13-16)18(20)15-5-3-2-4-6-15/h2-10,16H,11-13H2,1H3/t16-/m0/s1. The second-order valence-electron chi connectivity index (χ2n) is 5.38. The molecule has 0 spiro atoms. The molecule has 3 nitrogen and oxygen atoms in total. The molecule has 0 N–H and O–H groups in total. The summed E-state index contributed by atoms with van der Waals surface area (Å²) < 4.78 is 5.18. The highest BCUT2D eigenvalue weighted by Crippen LogP contribution is 2.29. The lowest BCUT2D eigenvalue weighted by Crippen LogP contribution is -2.28. The van der Waals surface area contributed by atoms with Gasteiger partial charge in [-0.3, -0.25) is 4.79 Å². The normalized spacial score (nSPS) is 17.8. The maximum Gasteiger partial charge on any atom is 0.253 e. The van der Waals surface area contributed by atoms with Crippen LogP contribution in [0.5, 0.6) is 5.75 Å². The quantitative estimate of drug-likeness (QED) is 0.863. The van der Waals surface area contributed by atoms with Gasteiger partial charge in [0.2, 0.25) is 0 Å². The van der Waals surface area contributed by atoms with Crippen LogP contribution in [0.1, 0.15) is 28.3 Å². The second-order valence-corrected chi connectivity index (χ2v) is 5.38. The highest BCUT2D eigenvalue weighted by Gasteiger charge is 2.27. The lowest BCUT2D eigenvalue weighted by Gasteiger charge is -2.17. The predicted octanol–water partition coefficient (Wildman–Crippen LogP) is 3.32. The Hall–Kier alpha value is -2.29. The zero-order chi connectivity index (χ0) is 14.7. The van der Waals surface area contributed by atoms with E-state index in [4.69, 9.17) is 4.74 Å². The van der Waals surface area contributed by atoms with Crippen LogP contribution >= 0.6 is 0 Å². The third-order valence-corrected chi connectivity index (χ3v) is 4.08. The first-order valence-electron chi connectivity index (χ1n) is 7.26. The van der Waals surface area contributed by atoms with E-state index in [9.17, 15) is 4.79 Å². The summed E-state index contributed by atoms with van der Waals surface area (Å²) in [7, 11) is 1.67. The summed E-state index contributed by atoms with van der Waals surface area (Å²) in [6.07, 6.45) is 1.02. The van der Waals surface area contributed by atoms with E-state index in [0.29, 0.717) is 5.92 Å². The van der Waals surface area contributed by atoms with Crippen molar-refractivity contribution in [2.45, 2.75) is 12.3 Å². The van der Waals surface area contributed by atoms with Gasteiger partial charge < -0.3 is 9.64 Å². The molecule has 0 radical (unpaired) electrons. The van der Waals surface area contributed by atoms with Crippen molar-refractivity contribution < 1.29 is 9.53 Å². The lowest BCUT2D eigenvalue weighted by molar-refractivity contribution is 0.0791. The molecule has 0 saturated carbocycles. The van der Waals surface area contributed by atoms with Gasteiger partial charge >= 0.3 is 0 Å². The Balaban J connectivity index is 1.69. The maximum atomic E-state index is 12.4. The summed E-state index contributed by atoms with van der Waals surface area (Å²) in [4.78, 5) is 14.4. The van der Waals surface area contributed by atoms with Gasteiger partial charge in [0, 0.05) is 24.6 Å². The number of rotatable bonds is 3. The fraction of sp³-hybridized carbons (Fsp3) is 0.278. The van der Waals surface area contributed by atoms with Crippen LogP contribution in [0.25, 0.3) is 0 Å². The van der Waals surface area contributed by atoms with Crippen LogP contribution in [0, 0.1) is 0 Å². The summed E-state index contributed by atoms with van der Waals surface area (Å²) in [5, 5.41) is 0. The first kappa shape index (κ1) is 13.7. The number of hydrogen-bond donors (Lipinski definition) is 0. The number of carbonyl (C=O) groups excluding carboxylic acids is 1. The van der Waals surface area contributed by atoms with Crippen molar-refractivity contribution in [2.24, 2.45) is 0 Å². The Morgan fingerprint density at radius 1 is 1.10 bits per heavy atom. The first-order valence-corrected chi connectivity index (χ1v) is 7.26. The van der Waals surface area contributed by atoms with Crippen LogP contribution in [-0.4, -0.2) is 31.0 Å². The van der Waals surface area contributed by atoms with Crippen LogP contribution in [0.15, 0.2) is 54.6 Å². The smallest absolute Gasteiger partial charge is 0.253 e. The van der Waals surface area contributed by atoms with Crippen molar-refractivity contribution in [1.82, 2.24) is 4.90 Å². The Morgan fingerprint density at radius 2 is 1.81 bits per heavy atom. The molecule has 0 aromatic heterocycles. The number of nitrogens with zero attached hydrogens (tertiary/aromatic N) is 1. The summed E-state index contributed by atoms with van der Waals surface area (Å²) >= 11 is 0. The van der Waals surface area contributed by atoms with E-state index in [2.05, 4.69) is 12.1 Å². The van der Waals surface area contributed by atoms with Gasteiger partial charge in [0.1, 0.15) is 5.75 Å². The maximum absolute atomic E-state index is 12.4. The molecular formula is C18H19NO2. The molecule has 108 valence electrons. The van der Waals surface area contributed by atoms with Gasteiger partial charge in [-0.25, -0.2) is 0 Å². The second kappa shape index (κ2) is 6.00. The van der Waals surface area contributed by atoms with E-state index in [1.807, 2.05) is 47.4 Å². The van der Waals surface area contributed by atoms with Gasteiger partial charge in [-0.1, -0.05) is 30.3 Å². The third kappa shape index (κ3) is 2.92. The number of ether oxygens (including phenoxy) is 1. The molecule has 0 unspecified atom stereocenters. The van der Waals surface area contributed by atoms with Crippen molar-refractivity contribution in [3.63, 3.8) is 0 Å². The van der Waals surface area contributed by atoms with Gasteiger partial charge in [0.05, 0.1) is 7.11 Å². The molecule has 1 fully saturated rings. The molecule has 1 atom stereocenters. The van der Waals surface area contributed by atoms with Gasteiger partial charge in [-0.15, -0.1) is 0 Å². The Kier molecular flexibility index (Phi) is 3.91. The Labute approximate surface area is 125 Å². The van der Waals surface area contributed by atoms with Crippen molar-refractivity contribution in [3.05, 3.63) is 65.7 Å². The van der Waals surface area contributed by atoms with Gasteiger partial charge in [-0.2, -0.15) is 0 Å². The molecule has 1 heterocycles. The number of likely N-dealkylation sites (tertiary alicyclic amines) is 1. The largest absolute Gasteiger partial charge is 0.497 e. The minimum absolute atomic E-state index is 0.131. The van der Waals surface area contributed by atoms with Crippen LogP contribution in [-0.2, 0) is 0 Å². The molecule has 3 heteroatoms. The summed E-state index contributed by atoms with van der Waals surface area (Å²) in [5.74, 6) is 1.42. The monoisotopic (exact) mass is 281 g/mol. The van der Waals surface area contributed by atoms with Gasteiger partial charge in [0.15, 0.2) is 0 Å². The SMILES string of the molecule is COc1ccc([C@H]2CCN(C(=O)c3ccccc3)C2)cc1. The van der Waals surface area contributed by atoms with E-state index >= 15 is 0 Å². The van der Waals surface area contributed by atoms with E-state index in [0.717, 1.165) is 30.8 Å². The number of amides is 1. The molecule has 2 aromatic carbocycles. The van der Waals surface area contributed by atoms with E-state index in [-0.39, 0.29) is 5.91 Å². The number of carbonyl (C=O) groups is 1. The van der Waals surface area contributed by atoms with Crippen LogP contribution in [0.2, 0.25) is 0 Å². The first-order chi connectivity index (χ1) is 10.3. The van der Waals surface area contributed by atoms with Crippen LogP contribution in [0.3, 0.4) is 0 Å². The number of hydrogen-bond acceptors (Lipinski definition) is 2. The molecule has 1 saturated heterocycles. The van der Waals surface area contributed by atoms with Gasteiger partial charge in [-0.05, 0) is 36.2 Å². The Morgan fingerprint density at radius 3 is 2.48 bits per heavy atom. The zero-order valence-electron chi connectivity index (χ0n) is 12.2. The highest BCUT2D eigenvalue weighted by molar-refractivity contribution is 5.94. The van der Waals surface area contributed by atoms with Crippen molar-refractivity contribution in [2.75, 3.05) is 20.2 Å². The number of benzene rings is 2. The topological polar surface area (TPSA) is 29.5 Å². The predicted molar refractivity (Wildman–Crippen MR) is 82.7 cm³/mol. The fourth-order valence-electron chi connectivity index (χ4n) is 2.86. The molecule has 21 heavy (non-hydrogen) atoms. The van der Waals surface area contributed by atoms with E-state index in [1.54, 1.807) is 7.11 Å². The van der Waals surface area contributed by atoms with Crippen molar-refractivity contribution >= 4 is 5.91 Å². The lowest BCUT2D eigenvalue weighted by atomic mass is 9.98. The fourth-order valence-corrected chi connectivity index (χ4v) is 2.86. The molecule has 3 rings (SSSR count). The molecule has 1 aliphatic rings. The Bertz CT molecular complexity index is 607. The molecule has 0 bridgehead atoms. The zero-order valence-corrected chi connectivity index (χ0v) is 12.2. The van der Waals surface area contributed by atoms with Crippen molar-refractivity contribution in [1.29, 1.82) is 0 Å². The van der Waals surface area contributed by atoms with Gasteiger partial charge in [0.25, 0.3) is 5.91 Å². The van der Waals surface area contributed by atoms with E-state index < -0.39 is 0 Å². The summed E-state index contributed by atoms with van der Waals surface area (Å²) in [6.45, 7) is 1.62. The minimum Gasteiger partial charge on any atom is -0.497 e.